The predicted molar refractivity (Wildman–Crippen MR) is 142 cm³/mol. The zero-order valence-corrected chi connectivity index (χ0v) is 21.9. The van der Waals surface area contributed by atoms with Gasteiger partial charge in [0.1, 0.15) is 55.7 Å². The van der Waals surface area contributed by atoms with Gasteiger partial charge in [-0.1, -0.05) is 24.3 Å². The number of rotatable bonds is 10. The van der Waals surface area contributed by atoms with Crippen molar-refractivity contribution in [3.05, 3.63) is 65.7 Å². The fourth-order valence-corrected chi connectivity index (χ4v) is 4.06. The highest BCUT2D eigenvalue weighted by Crippen LogP contribution is 2.43. The Bertz CT molecular complexity index is 1370. The van der Waals surface area contributed by atoms with Crippen LogP contribution < -0.4 is 19.5 Å². The van der Waals surface area contributed by atoms with E-state index in [1.807, 2.05) is 0 Å². The first-order chi connectivity index (χ1) is 19.6. The summed E-state index contributed by atoms with van der Waals surface area (Å²) in [7, 11) is 0. The molecule has 1 amide bonds. The van der Waals surface area contributed by atoms with Crippen LogP contribution in [0.1, 0.15) is 15.9 Å². The molecule has 0 radical (unpaired) electrons. The van der Waals surface area contributed by atoms with Gasteiger partial charge in [0.2, 0.25) is 11.5 Å². The third-order valence-corrected chi connectivity index (χ3v) is 6.37. The molecule has 0 aliphatic carbocycles. The molecule has 1 aliphatic rings. The van der Waals surface area contributed by atoms with Gasteiger partial charge in [-0.2, -0.15) is 0 Å². The molecule has 220 valence electrons. The number of para-hydroxylation sites is 3. The summed E-state index contributed by atoms with van der Waals surface area (Å²) < 4.78 is 22.0. The lowest BCUT2D eigenvalue weighted by Gasteiger charge is -2.38. The topological polar surface area (TPSA) is 208 Å². The molecule has 1 saturated heterocycles. The quantitative estimate of drug-likeness (QED) is 0.126. The number of aliphatic hydroxyl groups is 4. The summed E-state index contributed by atoms with van der Waals surface area (Å²) in [6, 6.07) is 14.0. The van der Waals surface area contributed by atoms with Crippen molar-refractivity contribution in [1.82, 2.24) is 0 Å². The Morgan fingerprint density at radius 1 is 0.805 bits per heavy atom. The van der Waals surface area contributed by atoms with Crippen LogP contribution >= 0.6 is 0 Å². The van der Waals surface area contributed by atoms with Crippen molar-refractivity contribution < 1.29 is 59.5 Å². The van der Waals surface area contributed by atoms with Crippen molar-refractivity contribution in [3.8, 4) is 34.5 Å². The number of aliphatic hydroxyl groups excluding tert-OH is 4. The lowest BCUT2D eigenvalue weighted by Crippen LogP contribution is -2.58. The van der Waals surface area contributed by atoms with Gasteiger partial charge in [-0.25, -0.2) is 0 Å². The highest BCUT2D eigenvalue weighted by atomic mass is 16.6. The number of ether oxygens (including phenoxy) is 4. The molecule has 5 atom stereocenters. The average Bonchev–Trinajstić information content (AvgIpc) is 2.96. The summed E-state index contributed by atoms with van der Waals surface area (Å²) in [6.07, 6.45) is -8.09. The number of aryl methyl sites for hydroxylation is 1. The van der Waals surface area contributed by atoms with Gasteiger partial charge in [-0.3, -0.25) is 4.79 Å². The Morgan fingerprint density at radius 3 is 2.27 bits per heavy atom. The maximum absolute atomic E-state index is 12.7. The van der Waals surface area contributed by atoms with Crippen molar-refractivity contribution in [2.45, 2.75) is 37.6 Å². The van der Waals surface area contributed by atoms with Crippen LogP contribution in [0.2, 0.25) is 0 Å². The highest BCUT2D eigenvalue weighted by molar-refractivity contribution is 6.07. The van der Waals surface area contributed by atoms with Crippen molar-refractivity contribution >= 4 is 11.6 Å². The molecule has 0 saturated carbocycles. The second-order valence-electron chi connectivity index (χ2n) is 9.23. The van der Waals surface area contributed by atoms with Gasteiger partial charge in [-0.05, 0) is 42.8 Å². The van der Waals surface area contributed by atoms with Crippen molar-refractivity contribution in [2.24, 2.45) is 0 Å². The monoisotopic (exact) mass is 573 g/mol. The van der Waals surface area contributed by atoms with Crippen LogP contribution in [-0.2, 0) is 4.74 Å². The van der Waals surface area contributed by atoms with E-state index in [-0.39, 0.29) is 36.0 Å². The molecule has 0 bridgehead atoms. The second kappa shape index (κ2) is 12.9. The second-order valence-corrected chi connectivity index (χ2v) is 9.23. The van der Waals surface area contributed by atoms with Crippen LogP contribution in [0.5, 0.6) is 34.5 Å². The van der Waals surface area contributed by atoms with E-state index in [9.17, 15) is 40.5 Å². The van der Waals surface area contributed by atoms with Crippen LogP contribution in [0.15, 0.2) is 54.6 Å². The first-order valence-corrected chi connectivity index (χ1v) is 12.6. The number of phenolic OH excluding ortho intramolecular Hbond substituents is 3. The van der Waals surface area contributed by atoms with E-state index in [1.54, 1.807) is 43.3 Å². The van der Waals surface area contributed by atoms with Gasteiger partial charge < -0.3 is 60.0 Å². The van der Waals surface area contributed by atoms with Crippen LogP contribution in [0, 0.1) is 6.92 Å². The van der Waals surface area contributed by atoms with E-state index < -0.39 is 54.7 Å². The number of aromatic hydroxyl groups is 3. The van der Waals surface area contributed by atoms with E-state index in [1.165, 1.54) is 18.2 Å². The molecule has 13 heteroatoms. The Kier molecular flexibility index (Phi) is 9.37. The van der Waals surface area contributed by atoms with E-state index in [4.69, 9.17) is 18.9 Å². The molecule has 13 nitrogen and oxygen atoms in total. The number of nitrogens with one attached hydrogen (secondary N) is 1. The van der Waals surface area contributed by atoms with Crippen molar-refractivity contribution in [2.75, 3.05) is 25.1 Å². The molecule has 0 unspecified atom stereocenters. The third kappa shape index (κ3) is 6.73. The molecule has 1 fully saturated rings. The fraction of sp³-hybridized carbons (Fsp3) is 0.321. The summed E-state index contributed by atoms with van der Waals surface area (Å²) in [5.74, 6) is -1.82. The largest absolute Gasteiger partial charge is 0.507 e. The molecular weight excluding hydrogens is 542 g/mol. The Hall–Kier alpha value is -4.27. The molecular formula is C28H31NO12. The Labute approximate surface area is 234 Å². The Balaban J connectivity index is 1.37. The minimum absolute atomic E-state index is 0.00755. The maximum Gasteiger partial charge on any atom is 0.259 e. The number of carbonyl (C=O) groups is 1. The zero-order chi connectivity index (χ0) is 29.7. The Morgan fingerprint density at radius 2 is 1.51 bits per heavy atom. The molecule has 0 aromatic heterocycles. The average molecular weight is 574 g/mol. The number of benzene rings is 3. The van der Waals surface area contributed by atoms with Gasteiger partial charge in [0, 0.05) is 0 Å². The highest BCUT2D eigenvalue weighted by Gasteiger charge is 2.43. The summed E-state index contributed by atoms with van der Waals surface area (Å²) in [4.78, 5) is 12.7. The first-order valence-electron chi connectivity index (χ1n) is 12.6. The van der Waals surface area contributed by atoms with Crippen LogP contribution in [-0.4, -0.2) is 92.2 Å². The number of amides is 1. The van der Waals surface area contributed by atoms with E-state index in [2.05, 4.69) is 5.32 Å². The van der Waals surface area contributed by atoms with E-state index >= 15 is 0 Å². The summed E-state index contributed by atoms with van der Waals surface area (Å²) in [5, 5.41) is 72.5. The molecule has 0 spiro atoms. The van der Waals surface area contributed by atoms with Crippen LogP contribution in [0.4, 0.5) is 5.69 Å². The first kappa shape index (κ1) is 29.7. The predicted octanol–water partition coefficient (Wildman–Crippen LogP) is 1.00. The molecule has 1 heterocycles. The summed E-state index contributed by atoms with van der Waals surface area (Å²) in [5.41, 5.74) is 1.01. The lowest BCUT2D eigenvalue weighted by atomic mass is 9.99. The fourth-order valence-electron chi connectivity index (χ4n) is 4.06. The number of hydrogen-bond donors (Lipinski definition) is 8. The minimum atomic E-state index is -1.78. The van der Waals surface area contributed by atoms with Gasteiger partial charge in [0.05, 0.1) is 11.3 Å². The molecule has 3 aromatic rings. The normalized spacial score (nSPS) is 22.1. The van der Waals surface area contributed by atoms with Gasteiger partial charge in [-0.15, -0.1) is 0 Å². The van der Waals surface area contributed by atoms with Gasteiger partial charge in [0.25, 0.3) is 5.91 Å². The lowest BCUT2D eigenvalue weighted by molar-refractivity contribution is -0.285. The maximum atomic E-state index is 12.7. The number of anilines is 1. The van der Waals surface area contributed by atoms with Gasteiger partial charge in [0.15, 0.2) is 17.8 Å². The minimum Gasteiger partial charge on any atom is -0.507 e. The molecule has 41 heavy (non-hydrogen) atoms. The number of carbonyl (C=O) groups excluding carboxylic acids is 1. The van der Waals surface area contributed by atoms with E-state index in [0.29, 0.717) is 17.0 Å². The van der Waals surface area contributed by atoms with Gasteiger partial charge >= 0.3 is 0 Å². The number of hydrogen-bond acceptors (Lipinski definition) is 12. The van der Waals surface area contributed by atoms with Crippen molar-refractivity contribution in [1.29, 1.82) is 0 Å². The smallest absolute Gasteiger partial charge is 0.259 e. The molecule has 4 rings (SSSR count). The summed E-state index contributed by atoms with van der Waals surface area (Å²) >= 11 is 0. The van der Waals surface area contributed by atoms with Crippen LogP contribution in [0.3, 0.4) is 0 Å². The summed E-state index contributed by atoms with van der Waals surface area (Å²) in [6.45, 7) is 1.09. The molecule has 8 N–H and O–H groups in total. The third-order valence-electron chi connectivity index (χ3n) is 6.37. The number of phenols is 3. The molecule has 3 aromatic carbocycles. The van der Waals surface area contributed by atoms with E-state index in [0.717, 1.165) is 0 Å². The van der Waals surface area contributed by atoms with Crippen LogP contribution in [0.25, 0.3) is 0 Å². The zero-order valence-electron chi connectivity index (χ0n) is 21.9. The van der Waals surface area contributed by atoms with Crippen molar-refractivity contribution in [3.63, 3.8) is 0 Å². The standard InChI is InChI=1S/C28H31NO12/c1-14-5-4-6-15(21(14)31)27(36)29-16-7-2-3-8-18(16)38-11-12-39-19-10-9-17(30)22(32)26(19)40-13-20-23(33)24(34)25(35)28(37)41-20/h2-10,20,23-25,28,30-35,37H,11-13H2,1H3,(H,29,36)/t20-,23-,24+,25-,28-/m1/s1. The SMILES string of the molecule is Cc1cccc(C(=O)Nc2ccccc2OCCOc2ccc(O)c(O)c2OC[C@H]2O[C@@H](O)[C@H](O)[C@@H](O)[C@@H]2O)c1O. The molecule has 1 aliphatic heterocycles.